The highest BCUT2D eigenvalue weighted by molar-refractivity contribution is 5.20. The fourth-order valence-corrected chi connectivity index (χ4v) is 3.15. The standard InChI is InChI=1S/C14H21O/c1-5-10(2)11(3)15-14(4)9-12-6-7-13(14)8-12/h3,5,12-13H,6-9H2,1-2,4H3/b10-5+,11-3?. The lowest BCUT2D eigenvalue weighted by Crippen LogP contribution is -2.34. The highest BCUT2D eigenvalue weighted by Crippen LogP contribution is 2.53. The molecule has 0 amide bonds. The lowest BCUT2D eigenvalue weighted by Gasteiger charge is -2.35. The van der Waals surface area contributed by atoms with Crippen molar-refractivity contribution in [1.29, 1.82) is 0 Å². The Morgan fingerprint density at radius 2 is 2.20 bits per heavy atom. The number of fused-ring (bicyclic) bond motifs is 2. The molecule has 3 unspecified atom stereocenters. The van der Waals surface area contributed by atoms with E-state index in [1.54, 1.807) is 0 Å². The molecule has 0 aromatic heterocycles. The molecular weight excluding hydrogens is 184 g/mol. The molecule has 2 bridgehead atoms. The van der Waals surface area contributed by atoms with Crippen LogP contribution in [0, 0.1) is 18.4 Å². The van der Waals surface area contributed by atoms with Crippen LogP contribution in [0.4, 0.5) is 0 Å². The van der Waals surface area contributed by atoms with E-state index in [9.17, 15) is 0 Å². The summed E-state index contributed by atoms with van der Waals surface area (Å²) in [6, 6.07) is 0. The minimum absolute atomic E-state index is 0.0112. The maximum absolute atomic E-state index is 6.01. The van der Waals surface area contributed by atoms with Crippen LogP contribution in [0.3, 0.4) is 0 Å². The molecule has 0 aromatic carbocycles. The zero-order chi connectivity index (χ0) is 11.1. The first-order valence-electron chi connectivity index (χ1n) is 6.00. The van der Waals surface area contributed by atoms with Crippen molar-refractivity contribution < 1.29 is 4.74 Å². The van der Waals surface area contributed by atoms with Crippen LogP contribution in [0.1, 0.15) is 46.5 Å². The van der Waals surface area contributed by atoms with Crippen LogP contribution in [0.2, 0.25) is 0 Å². The molecular formula is C14H21O. The van der Waals surface area contributed by atoms with E-state index < -0.39 is 0 Å². The smallest absolute Gasteiger partial charge is 0.122 e. The third kappa shape index (κ3) is 1.84. The largest absolute Gasteiger partial charge is 0.487 e. The van der Waals surface area contributed by atoms with Gasteiger partial charge in [0.1, 0.15) is 11.4 Å². The molecule has 2 aliphatic carbocycles. The van der Waals surface area contributed by atoms with E-state index in [0.717, 1.165) is 17.4 Å². The van der Waals surface area contributed by atoms with Crippen molar-refractivity contribution in [2.75, 3.05) is 0 Å². The number of rotatable bonds is 3. The van der Waals surface area contributed by atoms with Gasteiger partial charge in [0.05, 0.1) is 0 Å². The highest BCUT2D eigenvalue weighted by Gasteiger charge is 2.49. The molecule has 2 aliphatic rings. The van der Waals surface area contributed by atoms with Gasteiger partial charge in [-0.15, -0.1) is 0 Å². The van der Waals surface area contributed by atoms with Crippen LogP contribution in [0.25, 0.3) is 0 Å². The summed E-state index contributed by atoms with van der Waals surface area (Å²) in [6.07, 6.45) is 7.26. The Kier molecular flexibility index (Phi) is 2.66. The second-order valence-electron chi connectivity index (χ2n) is 5.33. The van der Waals surface area contributed by atoms with Crippen LogP contribution < -0.4 is 0 Å². The molecule has 0 heterocycles. The van der Waals surface area contributed by atoms with Crippen LogP contribution in [-0.2, 0) is 4.74 Å². The fraction of sp³-hybridized carbons (Fsp3) is 0.714. The molecule has 0 saturated heterocycles. The molecule has 0 N–H and O–H groups in total. The van der Waals surface area contributed by atoms with E-state index in [2.05, 4.69) is 6.92 Å². The van der Waals surface area contributed by atoms with Gasteiger partial charge in [-0.1, -0.05) is 6.08 Å². The molecule has 15 heavy (non-hydrogen) atoms. The molecule has 83 valence electrons. The Labute approximate surface area is 93.2 Å². The molecule has 1 radical (unpaired) electrons. The van der Waals surface area contributed by atoms with Gasteiger partial charge in [0.25, 0.3) is 0 Å². The predicted molar refractivity (Wildman–Crippen MR) is 62.2 cm³/mol. The van der Waals surface area contributed by atoms with Crippen molar-refractivity contribution in [2.24, 2.45) is 11.8 Å². The van der Waals surface area contributed by atoms with Crippen LogP contribution in [-0.4, -0.2) is 5.60 Å². The monoisotopic (exact) mass is 205 g/mol. The number of hydrogen-bond donors (Lipinski definition) is 0. The predicted octanol–water partition coefficient (Wildman–Crippen LogP) is 3.86. The SMILES string of the molecule is [CH]=C(OC1(C)CC2CCC1C2)/C(C)=C/C. The molecule has 0 aliphatic heterocycles. The minimum Gasteiger partial charge on any atom is -0.487 e. The fourth-order valence-electron chi connectivity index (χ4n) is 3.15. The third-order valence-electron chi connectivity index (χ3n) is 4.26. The zero-order valence-electron chi connectivity index (χ0n) is 10.0. The van der Waals surface area contributed by atoms with Gasteiger partial charge in [0.15, 0.2) is 0 Å². The molecule has 0 aromatic rings. The van der Waals surface area contributed by atoms with Crippen molar-refractivity contribution >= 4 is 0 Å². The zero-order valence-corrected chi connectivity index (χ0v) is 10.0. The molecule has 1 heteroatoms. The van der Waals surface area contributed by atoms with E-state index in [1.165, 1.54) is 25.7 Å². The van der Waals surface area contributed by atoms with Gasteiger partial charge >= 0.3 is 0 Å². The van der Waals surface area contributed by atoms with E-state index >= 15 is 0 Å². The summed E-state index contributed by atoms with van der Waals surface area (Å²) in [7, 11) is 0. The van der Waals surface area contributed by atoms with E-state index in [1.807, 2.05) is 19.9 Å². The van der Waals surface area contributed by atoms with E-state index in [-0.39, 0.29) is 5.60 Å². The lowest BCUT2D eigenvalue weighted by atomic mass is 9.85. The molecule has 2 saturated carbocycles. The summed E-state index contributed by atoms with van der Waals surface area (Å²) in [5.41, 5.74) is 1.07. The highest BCUT2D eigenvalue weighted by atomic mass is 16.5. The van der Waals surface area contributed by atoms with Gasteiger partial charge in [0.2, 0.25) is 0 Å². The van der Waals surface area contributed by atoms with E-state index in [0.29, 0.717) is 5.76 Å². The lowest BCUT2D eigenvalue weighted by molar-refractivity contribution is -0.0239. The molecule has 3 atom stereocenters. The number of ether oxygens (including phenoxy) is 1. The first-order chi connectivity index (χ1) is 7.05. The number of allylic oxidation sites excluding steroid dienone is 2. The quantitative estimate of drug-likeness (QED) is 0.502. The number of hydrogen-bond acceptors (Lipinski definition) is 1. The summed E-state index contributed by atoms with van der Waals surface area (Å²) >= 11 is 0. The second-order valence-corrected chi connectivity index (χ2v) is 5.33. The molecule has 2 rings (SSSR count). The Bertz CT molecular complexity index is 302. The molecule has 0 spiro atoms. The first kappa shape index (κ1) is 10.8. The van der Waals surface area contributed by atoms with Crippen LogP contribution >= 0.6 is 0 Å². The van der Waals surface area contributed by atoms with Crippen LogP contribution in [0.15, 0.2) is 17.4 Å². The van der Waals surface area contributed by atoms with Gasteiger partial charge < -0.3 is 4.74 Å². The Morgan fingerprint density at radius 3 is 2.67 bits per heavy atom. The molecule has 2 fully saturated rings. The Morgan fingerprint density at radius 1 is 1.47 bits per heavy atom. The topological polar surface area (TPSA) is 9.23 Å². The van der Waals surface area contributed by atoms with Crippen molar-refractivity contribution in [2.45, 2.75) is 52.1 Å². The second kappa shape index (κ2) is 3.70. The van der Waals surface area contributed by atoms with Gasteiger partial charge in [-0.3, -0.25) is 0 Å². The normalized spacial score (nSPS) is 39.5. The van der Waals surface area contributed by atoms with Gasteiger partial charge in [-0.05, 0) is 70.4 Å². The molecule has 1 nitrogen and oxygen atoms in total. The van der Waals surface area contributed by atoms with Crippen molar-refractivity contribution in [3.05, 3.63) is 24.0 Å². The maximum atomic E-state index is 6.01. The van der Waals surface area contributed by atoms with Crippen molar-refractivity contribution in [3.63, 3.8) is 0 Å². The third-order valence-corrected chi connectivity index (χ3v) is 4.26. The van der Waals surface area contributed by atoms with Crippen molar-refractivity contribution in [1.82, 2.24) is 0 Å². The first-order valence-corrected chi connectivity index (χ1v) is 6.00. The van der Waals surface area contributed by atoms with Crippen molar-refractivity contribution in [3.8, 4) is 0 Å². The summed E-state index contributed by atoms with van der Waals surface area (Å²) in [4.78, 5) is 0. The summed E-state index contributed by atoms with van der Waals surface area (Å²) in [5, 5.41) is 0. The summed E-state index contributed by atoms with van der Waals surface area (Å²) in [5.74, 6) is 2.23. The van der Waals surface area contributed by atoms with Crippen LogP contribution in [0.5, 0.6) is 0 Å². The Balaban J connectivity index is 2.03. The summed E-state index contributed by atoms with van der Waals surface area (Å²) in [6.45, 7) is 12.2. The average Bonchev–Trinajstić information content (AvgIpc) is 2.75. The van der Waals surface area contributed by atoms with Gasteiger partial charge in [-0.2, -0.15) is 0 Å². The van der Waals surface area contributed by atoms with Gasteiger partial charge in [-0.25, -0.2) is 0 Å². The Hall–Kier alpha value is -0.720. The average molecular weight is 205 g/mol. The summed E-state index contributed by atoms with van der Waals surface area (Å²) < 4.78 is 6.01. The van der Waals surface area contributed by atoms with E-state index in [4.69, 9.17) is 11.3 Å². The minimum atomic E-state index is 0.0112. The van der Waals surface area contributed by atoms with Gasteiger partial charge in [0, 0.05) is 0 Å². The maximum Gasteiger partial charge on any atom is 0.122 e.